The minimum absolute atomic E-state index is 0.223. The van der Waals surface area contributed by atoms with Crippen molar-refractivity contribution in [1.82, 2.24) is 0 Å². The second kappa shape index (κ2) is 6.24. The minimum Gasteiger partial charge on any atom is -0.496 e. The van der Waals surface area contributed by atoms with Crippen molar-refractivity contribution in [3.8, 4) is 11.5 Å². The Hall–Kier alpha value is -1.59. The van der Waals surface area contributed by atoms with Crippen LogP contribution in [0.3, 0.4) is 0 Å². The van der Waals surface area contributed by atoms with E-state index in [2.05, 4.69) is 15.9 Å². The molecule has 2 aromatic rings. The van der Waals surface area contributed by atoms with E-state index in [-0.39, 0.29) is 4.47 Å². The zero-order valence-electron chi connectivity index (χ0n) is 11.1. The lowest BCUT2D eigenvalue weighted by molar-refractivity contribution is 0.207. The molecule has 0 saturated carbocycles. The van der Waals surface area contributed by atoms with Gasteiger partial charge in [-0.05, 0) is 34.1 Å². The van der Waals surface area contributed by atoms with E-state index in [0.29, 0.717) is 22.6 Å². The Morgan fingerprint density at radius 1 is 1.05 bits per heavy atom. The number of halogens is 2. The van der Waals surface area contributed by atoms with E-state index in [4.69, 9.17) is 9.47 Å². The fourth-order valence-electron chi connectivity index (χ4n) is 2.04. The molecule has 1 unspecified atom stereocenters. The summed E-state index contributed by atoms with van der Waals surface area (Å²) in [5.41, 5.74) is 0.872. The van der Waals surface area contributed by atoms with Crippen LogP contribution in [0.2, 0.25) is 0 Å². The number of aliphatic hydroxyl groups is 1. The molecule has 0 aromatic heterocycles. The molecule has 3 nitrogen and oxygen atoms in total. The Morgan fingerprint density at radius 3 is 2.15 bits per heavy atom. The van der Waals surface area contributed by atoms with Gasteiger partial charge in [0.2, 0.25) is 0 Å². The zero-order valence-corrected chi connectivity index (χ0v) is 12.6. The number of rotatable bonds is 4. The van der Waals surface area contributed by atoms with Gasteiger partial charge in [-0.2, -0.15) is 0 Å². The maximum atomic E-state index is 13.6. The lowest BCUT2D eigenvalue weighted by atomic mass is 9.99. The van der Waals surface area contributed by atoms with Gasteiger partial charge in [-0.1, -0.05) is 18.2 Å². The van der Waals surface area contributed by atoms with Crippen LogP contribution in [0.1, 0.15) is 17.2 Å². The molecule has 0 fully saturated rings. The molecule has 20 heavy (non-hydrogen) atoms. The molecule has 0 saturated heterocycles. The van der Waals surface area contributed by atoms with Crippen molar-refractivity contribution in [2.75, 3.05) is 14.2 Å². The number of aliphatic hydroxyl groups excluding tert-OH is 1. The molecule has 1 atom stereocenters. The lowest BCUT2D eigenvalue weighted by Crippen LogP contribution is -2.06. The van der Waals surface area contributed by atoms with Crippen LogP contribution >= 0.6 is 15.9 Å². The monoisotopic (exact) mass is 340 g/mol. The maximum absolute atomic E-state index is 13.6. The molecule has 0 aliphatic carbocycles. The number of ether oxygens (including phenoxy) is 2. The summed E-state index contributed by atoms with van der Waals surface area (Å²) in [5, 5.41) is 10.6. The number of methoxy groups -OCH3 is 2. The molecular formula is C15H14BrFO3. The smallest absolute Gasteiger partial charge is 0.137 e. The molecule has 0 heterocycles. The summed E-state index contributed by atoms with van der Waals surface area (Å²) in [6.07, 6.45) is -1.06. The quantitative estimate of drug-likeness (QED) is 0.922. The average molecular weight is 341 g/mol. The predicted octanol–water partition coefficient (Wildman–Crippen LogP) is 3.69. The molecule has 0 radical (unpaired) electrons. The summed E-state index contributed by atoms with van der Waals surface area (Å²) in [7, 11) is 3.01. The highest BCUT2D eigenvalue weighted by Crippen LogP contribution is 2.39. The van der Waals surface area contributed by atoms with E-state index in [9.17, 15) is 9.50 Å². The first-order valence-corrected chi connectivity index (χ1v) is 6.72. The third kappa shape index (κ3) is 2.64. The van der Waals surface area contributed by atoms with Gasteiger partial charge in [0.15, 0.2) is 0 Å². The molecule has 0 amide bonds. The Kier molecular flexibility index (Phi) is 4.62. The first-order valence-electron chi connectivity index (χ1n) is 5.93. The van der Waals surface area contributed by atoms with Crippen LogP contribution in [-0.2, 0) is 0 Å². The minimum atomic E-state index is -1.06. The van der Waals surface area contributed by atoms with Gasteiger partial charge in [0.1, 0.15) is 23.4 Å². The topological polar surface area (TPSA) is 38.7 Å². The van der Waals surface area contributed by atoms with E-state index < -0.39 is 11.9 Å². The summed E-state index contributed by atoms with van der Waals surface area (Å²) in [4.78, 5) is 0. The highest BCUT2D eigenvalue weighted by atomic mass is 79.9. The van der Waals surface area contributed by atoms with Gasteiger partial charge in [-0.15, -0.1) is 0 Å². The Balaban J connectivity index is 2.58. The van der Waals surface area contributed by atoms with Gasteiger partial charge < -0.3 is 14.6 Å². The van der Waals surface area contributed by atoms with Crippen LogP contribution in [0, 0.1) is 5.82 Å². The van der Waals surface area contributed by atoms with E-state index >= 15 is 0 Å². The summed E-state index contributed by atoms with van der Waals surface area (Å²) >= 11 is 3.15. The van der Waals surface area contributed by atoms with Crippen molar-refractivity contribution >= 4 is 15.9 Å². The zero-order chi connectivity index (χ0) is 14.7. The third-order valence-electron chi connectivity index (χ3n) is 3.02. The van der Waals surface area contributed by atoms with Crippen molar-refractivity contribution in [3.63, 3.8) is 0 Å². The van der Waals surface area contributed by atoms with Crippen molar-refractivity contribution in [3.05, 3.63) is 57.8 Å². The number of hydrogen-bond donors (Lipinski definition) is 1. The lowest BCUT2D eigenvalue weighted by Gasteiger charge is -2.19. The Labute approximate surface area is 125 Å². The average Bonchev–Trinajstić information content (AvgIpc) is 2.48. The summed E-state index contributed by atoms with van der Waals surface area (Å²) in [5.74, 6) is 0.524. The Bertz CT molecular complexity index is 594. The van der Waals surface area contributed by atoms with Crippen LogP contribution in [-0.4, -0.2) is 19.3 Å². The molecule has 0 bridgehead atoms. The first-order chi connectivity index (χ1) is 9.60. The van der Waals surface area contributed by atoms with E-state index in [0.717, 1.165) is 0 Å². The molecule has 2 rings (SSSR count). The largest absolute Gasteiger partial charge is 0.496 e. The van der Waals surface area contributed by atoms with Gasteiger partial charge in [0.05, 0.1) is 24.3 Å². The molecule has 0 aliphatic rings. The predicted molar refractivity (Wildman–Crippen MR) is 77.7 cm³/mol. The fourth-order valence-corrected chi connectivity index (χ4v) is 2.52. The summed E-state index contributed by atoms with van der Waals surface area (Å²) in [6, 6.07) is 9.70. The molecule has 1 N–H and O–H groups in total. The number of hydrogen-bond acceptors (Lipinski definition) is 3. The van der Waals surface area contributed by atoms with Crippen LogP contribution in [0.25, 0.3) is 0 Å². The van der Waals surface area contributed by atoms with E-state index in [1.165, 1.54) is 20.3 Å². The molecular weight excluding hydrogens is 327 g/mol. The fraction of sp³-hybridized carbons (Fsp3) is 0.200. The first kappa shape index (κ1) is 14.8. The highest BCUT2D eigenvalue weighted by Gasteiger charge is 2.23. The normalized spacial score (nSPS) is 12.1. The van der Waals surface area contributed by atoms with Crippen LogP contribution in [0.15, 0.2) is 40.9 Å². The molecule has 2 aromatic carbocycles. The second-order valence-electron chi connectivity index (χ2n) is 4.12. The van der Waals surface area contributed by atoms with Gasteiger partial charge in [-0.3, -0.25) is 0 Å². The van der Waals surface area contributed by atoms with Crippen molar-refractivity contribution in [2.45, 2.75) is 6.10 Å². The Morgan fingerprint density at radius 2 is 1.60 bits per heavy atom. The van der Waals surface area contributed by atoms with Gasteiger partial charge in [0.25, 0.3) is 0 Å². The SMILES string of the molecule is COc1cccc(OC)c1C(O)c1cccc(F)c1Br. The van der Waals surface area contributed by atoms with Gasteiger partial charge >= 0.3 is 0 Å². The van der Waals surface area contributed by atoms with Crippen LogP contribution < -0.4 is 9.47 Å². The highest BCUT2D eigenvalue weighted by molar-refractivity contribution is 9.10. The van der Waals surface area contributed by atoms with Crippen LogP contribution in [0.4, 0.5) is 4.39 Å². The van der Waals surface area contributed by atoms with Crippen molar-refractivity contribution in [2.24, 2.45) is 0 Å². The van der Waals surface area contributed by atoms with Crippen LogP contribution in [0.5, 0.6) is 11.5 Å². The standard InChI is InChI=1S/C15H14BrFO3/c1-19-11-7-4-8-12(20-2)13(11)15(18)9-5-3-6-10(17)14(9)16/h3-8,15,18H,1-2H3. The molecule has 5 heteroatoms. The van der Waals surface area contributed by atoms with Crippen molar-refractivity contribution < 1.29 is 19.0 Å². The van der Waals surface area contributed by atoms with E-state index in [1.54, 1.807) is 30.3 Å². The van der Waals surface area contributed by atoms with Crippen molar-refractivity contribution in [1.29, 1.82) is 0 Å². The summed E-state index contributed by atoms with van der Waals surface area (Å²) < 4.78 is 24.3. The number of benzene rings is 2. The second-order valence-corrected chi connectivity index (χ2v) is 4.91. The molecule has 0 spiro atoms. The summed E-state index contributed by atoms with van der Waals surface area (Å²) in [6.45, 7) is 0. The van der Waals surface area contributed by atoms with Gasteiger partial charge in [0, 0.05) is 5.56 Å². The third-order valence-corrected chi connectivity index (χ3v) is 3.85. The maximum Gasteiger partial charge on any atom is 0.137 e. The molecule has 0 aliphatic heterocycles. The molecule has 106 valence electrons. The van der Waals surface area contributed by atoms with Gasteiger partial charge in [-0.25, -0.2) is 4.39 Å². The van der Waals surface area contributed by atoms with E-state index in [1.807, 2.05) is 0 Å².